The van der Waals surface area contributed by atoms with Crippen molar-refractivity contribution < 1.29 is 19.4 Å². The lowest BCUT2D eigenvalue weighted by Crippen LogP contribution is -2.40. The topological polar surface area (TPSA) is 75.6 Å². The Morgan fingerprint density at radius 1 is 1.53 bits per heavy atom. The van der Waals surface area contributed by atoms with Crippen LogP contribution in [0.15, 0.2) is 0 Å². The lowest BCUT2D eigenvalue weighted by atomic mass is 10.1. The van der Waals surface area contributed by atoms with Crippen molar-refractivity contribution >= 4 is 11.9 Å². The molecule has 0 aromatic carbocycles. The van der Waals surface area contributed by atoms with E-state index >= 15 is 0 Å². The lowest BCUT2D eigenvalue weighted by molar-refractivity contribution is -0.142. The molecule has 0 aromatic rings. The fourth-order valence-corrected chi connectivity index (χ4v) is 1.98. The summed E-state index contributed by atoms with van der Waals surface area (Å²) in [7, 11) is 0. The van der Waals surface area contributed by atoms with Gasteiger partial charge in [-0.3, -0.25) is 4.79 Å². The van der Waals surface area contributed by atoms with E-state index in [9.17, 15) is 9.59 Å². The predicted molar refractivity (Wildman–Crippen MR) is 62.7 cm³/mol. The van der Waals surface area contributed by atoms with Crippen molar-refractivity contribution in [3.8, 4) is 0 Å². The molecule has 1 aliphatic heterocycles. The fourth-order valence-electron chi connectivity index (χ4n) is 1.98. The summed E-state index contributed by atoms with van der Waals surface area (Å²) >= 11 is 0. The molecule has 1 unspecified atom stereocenters. The Balaban J connectivity index is 2.23. The molecule has 0 aliphatic carbocycles. The van der Waals surface area contributed by atoms with E-state index in [1.54, 1.807) is 0 Å². The second kappa shape index (κ2) is 7.27. The number of carbonyl (C=O) groups is 2. The number of hydrogen-bond acceptors (Lipinski definition) is 3. The van der Waals surface area contributed by atoms with Gasteiger partial charge in [0.05, 0.1) is 6.10 Å². The molecule has 5 nitrogen and oxygen atoms in total. The summed E-state index contributed by atoms with van der Waals surface area (Å²) in [6, 6.07) is -0.753. The van der Waals surface area contributed by atoms with Crippen molar-refractivity contribution in [1.29, 1.82) is 0 Å². The highest BCUT2D eigenvalue weighted by Gasteiger charge is 2.20. The van der Waals surface area contributed by atoms with E-state index in [1.165, 1.54) is 0 Å². The van der Waals surface area contributed by atoms with Crippen LogP contribution in [-0.4, -0.2) is 35.7 Å². The number of amides is 1. The summed E-state index contributed by atoms with van der Waals surface area (Å²) in [4.78, 5) is 22.4. The summed E-state index contributed by atoms with van der Waals surface area (Å²) < 4.78 is 5.41. The van der Waals surface area contributed by atoms with Gasteiger partial charge >= 0.3 is 5.97 Å². The van der Waals surface area contributed by atoms with Crippen LogP contribution in [0, 0.1) is 0 Å². The second-order valence-electron chi connectivity index (χ2n) is 4.42. The Labute approximate surface area is 102 Å². The van der Waals surface area contributed by atoms with Gasteiger partial charge in [-0.05, 0) is 25.7 Å². The first-order chi connectivity index (χ1) is 8.13. The monoisotopic (exact) mass is 243 g/mol. The molecular weight excluding hydrogens is 222 g/mol. The number of carbonyl (C=O) groups excluding carboxylic acids is 1. The van der Waals surface area contributed by atoms with Crippen LogP contribution in [0.1, 0.15) is 45.4 Å². The predicted octanol–water partition coefficient (Wildman–Crippen LogP) is 1.32. The van der Waals surface area contributed by atoms with Gasteiger partial charge in [0, 0.05) is 13.0 Å². The number of aliphatic carboxylic acids is 1. The fraction of sp³-hybridized carbons (Fsp3) is 0.833. The minimum Gasteiger partial charge on any atom is -0.480 e. The van der Waals surface area contributed by atoms with Crippen LogP contribution in [0.5, 0.6) is 0 Å². The average Bonchev–Trinajstić information content (AvgIpc) is 2.78. The Hall–Kier alpha value is -1.10. The molecule has 0 radical (unpaired) electrons. The van der Waals surface area contributed by atoms with Crippen molar-refractivity contribution in [3.63, 3.8) is 0 Å². The van der Waals surface area contributed by atoms with Gasteiger partial charge in [-0.15, -0.1) is 0 Å². The van der Waals surface area contributed by atoms with E-state index in [4.69, 9.17) is 9.84 Å². The largest absolute Gasteiger partial charge is 0.480 e. The van der Waals surface area contributed by atoms with Crippen molar-refractivity contribution in [2.45, 2.75) is 57.6 Å². The van der Waals surface area contributed by atoms with Crippen LogP contribution in [0.25, 0.3) is 0 Å². The van der Waals surface area contributed by atoms with Crippen LogP contribution in [0.3, 0.4) is 0 Å². The van der Waals surface area contributed by atoms with E-state index in [2.05, 4.69) is 5.32 Å². The van der Waals surface area contributed by atoms with Gasteiger partial charge in [-0.2, -0.15) is 0 Å². The highest BCUT2D eigenvalue weighted by molar-refractivity contribution is 5.83. The standard InChI is InChI=1S/C12H21NO4/c1-2-4-10(12(15)16)13-11(14)7-6-9-5-3-8-17-9/h9-10H,2-8H2,1H3,(H,13,14)(H,15,16)/t9?,10-/m0/s1. The molecule has 2 N–H and O–H groups in total. The van der Waals surface area contributed by atoms with E-state index in [0.29, 0.717) is 19.3 Å². The summed E-state index contributed by atoms with van der Waals surface area (Å²) in [5.41, 5.74) is 0. The van der Waals surface area contributed by atoms with E-state index in [1.807, 2.05) is 6.92 Å². The number of hydrogen-bond donors (Lipinski definition) is 2. The molecule has 1 amide bonds. The van der Waals surface area contributed by atoms with Crippen LogP contribution < -0.4 is 5.32 Å². The Morgan fingerprint density at radius 2 is 2.29 bits per heavy atom. The molecule has 1 heterocycles. The quantitative estimate of drug-likeness (QED) is 0.707. The molecule has 98 valence electrons. The third-order valence-corrected chi connectivity index (χ3v) is 2.93. The molecule has 0 spiro atoms. The molecule has 0 aromatic heterocycles. The molecule has 1 rings (SSSR count). The second-order valence-corrected chi connectivity index (χ2v) is 4.42. The van der Waals surface area contributed by atoms with Gasteiger partial charge in [0.25, 0.3) is 0 Å². The first kappa shape index (κ1) is 14.0. The van der Waals surface area contributed by atoms with Crippen LogP contribution in [0.2, 0.25) is 0 Å². The number of ether oxygens (including phenoxy) is 1. The number of carboxylic acids is 1. The van der Waals surface area contributed by atoms with E-state index in [0.717, 1.165) is 25.9 Å². The average molecular weight is 243 g/mol. The van der Waals surface area contributed by atoms with Gasteiger partial charge in [0.1, 0.15) is 6.04 Å². The van der Waals surface area contributed by atoms with Crippen LogP contribution >= 0.6 is 0 Å². The SMILES string of the molecule is CCC[C@H](NC(=O)CCC1CCCO1)C(=O)O. The van der Waals surface area contributed by atoms with Crippen molar-refractivity contribution in [3.05, 3.63) is 0 Å². The number of nitrogens with one attached hydrogen (secondary N) is 1. The molecule has 1 fully saturated rings. The lowest BCUT2D eigenvalue weighted by Gasteiger charge is -2.14. The first-order valence-electron chi connectivity index (χ1n) is 6.27. The van der Waals surface area contributed by atoms with Crippen molar-refractivity contribution in [1.82, 2.24) is 5.32 Å². The molecular formula is C12H21NO4. The van der Waals surface area contributed by atoms with E-state index < -0.39 is 12.0 Å². The number of rotatable bonds is 7. The Bertz CT molecular complexity index is 261. The zero-order chi connectivity index (χ0) is 12.7. The maximum atomic E-state index is 11.6. The smallest absolute Gasteiger partial charge is 0.326 e. The molecule has 17 heavy (non-hydrogen) atoms. The maximum Gasteiger partial charge on any atom is 0.326 e. The van der Waals surface area contributed by atoms with Crippen LogP contribution in [0.4, 0.5) is 0 Å². The van der Waals surface area contributed by atoms with Crippen molar-refractivity contribution in [2.24, 2.45) is 0 Å². The first-order valence-corrected chi connectivity index (χ1v) is 6.27. The van der Waals surface area contributed by atoms with Gasteiger partial charge in [0.2, 0.25) is 5.91 Å². The highest BCUT2D eigenvalue weighted by atomic mass is 16.5. The Morgan fingerprint density at radius 3 is 2.82 bits per heavy atom. The molecule has 0 saturated carbocycles. The van der Waals surface area contributed by atoms with Crippen molar-refractivity contribution in [2.75, 3.05) is 6.61 Å². The molecule has 2 atom stereocenters. The van der Waals surface area contributed by atoms with E-state index in [-0.39, 0.29) is 12.0 Å². The number of carboxylic acid groups (broad SMARTS) is 1. The van der Waals surface area contributed by atoms with Gasteiger partial charge in [0.15, 0.2) is 0 Å². The minimum atomic E-state index is -0.961. The van der Waals surface area contributed by atoms with Gasteiger partial charge in [-0.1, -0.05) is 13.3 Å². The molecule has 0 bridgehead atoms. The third-order valence-electron chi connectivity index (χ3n) is 2.93. The normalized spacial score (nSPS) is 21.1. The van der Waals surface area contributed by atoms with Gasteiger partial charge in [-0.25, -0.2) is 4.79 Å². The zero-order valence-corrected chi connectivity index (χ0v) is 10.3. The summed E-state index contributed by atoms with van der Waals surface area (Å²) in [6.45, 7) is 2.67. The summed E-state index contributed by atoms with van der Waals surface area (Å²) in [6.07, 6.45) is 4.48. The summed E-state index contributed by atoms with van der Waals surface area (Å²) in [5, 5.41) is 11.4. The highest BCUT2D eigenvalue weighted by Crippen LogP contribution is 2.16. The van der Waals surface area contributed by atoms with Crippen LogP contribution in [-0.2, 0) is 14.3 Å². The van der Waals surface area contributed by atoms with Gasteiger partial charge < -0.3 is 15.2 Å². The maximum absolute atomic E-state index is 11.6. The third kappa shape index (κ3) is 5.17. The molecule has 1 saturated heterocycles. The minimum absolute atomic E-state index is 0.176. The zero-order valence-electron chi connectivity index (χ0n) is 10.3. The molecule has 5 heteroatoms. The molecule has 1 aliphatic rings. The summed E-state index contributed by atoms with van der Waals surface area (Å²) in [5.74, 6) is -1.15. The Kier molecular flexibility index (Phi) is 5.97.